The van der Waals surface area contributed by atoms with E-state index in [4.69, 9.17) is 5.11 Å². The molecule has 6 heteroatoms. The Bertz CT molecular complexity index is 445. The van der Waals surface area contributed by atoms with E-state index in [9.17, 15) is 9.59 Å². The van der Waals surface area contributed by atoms with Crippen LogP contribution < -0.4 is 10.6 Å². The maximum absolute atomic E-state index is 11.6. The van der Waals surface area contributed by atoms with Crippen molar-refractivity contribution in [3.8, 4) is 0 Å². The van der Waals surface area contributed by atoms with E-state index in [2.05, 4.69) is 15.6 Å². The zero-order valence-corrected chi connectivity index (χ0v) is 11.8. The number of carboxylic acids is 1. The molecule has 0 aliphatic rings. The SMILES string of the molecule is Cc1ccc(CNC(=O)NC(C)CCCC(=O)O)cn1. The number of pyridine rings is 1. The summed E-state index contributed by atoms with van der Waals surface area (Å²) in [4.78, 5) is 26.2. The third kappa shape index (κ3) is 6.72. The van der Waals surface area contributed by atoms with Crippen molar-refractivity contribution in [1.82, 2.24) is 15.6 Å². The maximum Gasteiger partial charge on any atom is 0.315 e. The summed E-state index contributed by atoms with van der Waals surface area (Å²) in [5.41, 5.74) is 1.87. The molecule has 0 saturated heterocycles. The molecule has 0 aliphatic heterocycles. The van der Waals surface area contributed by atoms with E-state index in [1.807, 2.05) is 26.0 Å². The number of carboxylic acid groups (broad SMARTS) is 1. The highest BCUT2D eigenvalue weighted by atomic mass is 16.4. The van der Waals surface area contributed by atoms with Gasteiger partial charge in [0.05, 0.1) is 0 Å². The van der Waals surface area contributed by atoms with Crippen molar-refractivity contribution in [3.63, 3.8) is 0 Å². The minimum absolute atomic E-state index is 0.0505. The molecule has 0 saturated carbocycles. The molecule has 20 heavy (non-hydrogen) atoms. The van der Waals surface area contributed by atoms with E-state index in [1.54, 1.807) is 6.20 Å². The van der Waals surface area contributed by atoms with Crippen LogP contribution >= 0.6 is 0 Å². The van der Waals surface area contributed by atoms with Crippen molar-refractivity contribution >= 4 is 12.0 Å². The molecule has 3 N–H and O–H groups in total. The second-order valence-electron chi connectivity index (χ2n) is 4.82. The van der Waals surface area contributed by atoms with Crippen LogP contribution in [0.5, 0.6) is 0 Å². The number of aromatic nitrogens is 1. The Morgan fingerprint density at radius 2 is 2.15 bits per heavy atom. The van der Waals surface area contributed by atoms with E-state index < -0.39 is 5.97 Å². The van der Waals surface area contributed by atoms with Crippen molar-refractivity contribution in [2.75, 3.05) is 0 Å². The summed E-state index contributed by atoms with van der Waals surface area (Å²) in [6.45, 7) is 4.18. The molecule has 1 atom stereocenters. The Balaban J connectivity index is 2.22. The number of urea groups is 1. The van der Waals surface area contributed by atoms with Gasteiger partial charge in [0.25, 0.3) is 0 Å². The van der Waals surface area contributed by atoms with Gasteiger partial charge in [-0.2, -0.15) is 0 Å². The average Bonchev–Trinajstić information content (AvgIpc) is 2.37. The molecule has 1 aromatic heterocycles. The minimum atomic E-state index is -0.812. The summed E-state index contributed by atoms with van der Waals surface area (Å²) in [5.74, 6) is -0.812. The van der Waals surface area contributed by atoms with Crippen LogP contribution in [0.1, 0.15) is 37.4 Å². The highest BCUT2D eigenvalue weighted by molar-refractivity contribution is 5.74. The smallest absolute Gasteiger partial charge is 0.315 e. The quantitative estimate of drug-likeness (QED) is 0.710. The standard InChI is InChI=1S/C14H21N3O3/c1-10-6-7-12(8-15-10)9-16-14(20)17-11(2)4-3-5-13(18)19/h6-8,11H,3-5,9H2,1-2H3,(H,18,19)(H2,16,17,20). The van der Waals surface area contributed by atoms with E-state index in [0.717, 1.165) is 11.3 Å². The van der Waals surface area contributed by atoms with Gasteiger partial charge in [-0.25, -0.2) is 4.79 Å². The fourth-order valence-electron chi connectivity index (χ4n) is 1.69. The van der Waals surface area contributed by atoms with Gasteiger partial charge in [-0.15, -0.1) is 0 Å². The second kappa shape index (κ2) is 8.14. The lowest BCUT2D eigenvalue weighted by Crippen LogP contribution is -2.40. The van der Waals surface area contributed by atoms with Gasteiger partial charge in [0.1, 0.15) is 0 Å². The number of hydrogen-bond donors (Lipinski definition) is 3. The van der Waals surface area contributed by atoms with E-state index in [1.165, 1.54) is 0 Å². The van der Waals surface area contributed by atoms with Gasteiger partial charge in [0.2, 0.25) is 0 Å². The van der Waals surface area contributed by atoms with Gasteiger partial charge in [0, 0.05) is 30.9 Å². The number of carbonyl (C=O) groups excluding carboxylic acids is 1. The number of aryl methyl sites for hydroxylation is 1. The van der Waals surface area contributed by atoms with Crippen LogP contribution in [0.3, 0.4) is 0 Å². The van der Waals surface area contributed by atoms with Gasteiger partial charge in [-0.1, -0.05) is 6.07 Å². The Labute approximate surface area is 118 Å². The van der Waals surface area contributed by atoms with Crippen molar-refractivity contribution in [2.45, 2.75) is 45.7 Å². The van der Waals surface area contributed by atoms with Gasteiger partial charge < -0.3 is 15.7 Å². The number of carbonyl (C=O) groups is 2. The summed E-state index contributed by atoms with van der Waals surface area (Å²) < 4.78 is 0. The summed E-state index contributed by atoms with van der Waals surface area (Å²) >= 11 is 0. The molecule has 0 spiro atoms. The van der Waals surface area contributed by atoms with Crippen LogP contribution in [-0.4, -0.2) is 28.1 Å². The number of aliphatic carboxylic acids is 1. The molecule has 0 radical (unpaired) electrons. The topological polar surface area (TPSA) is 91.3 Å². The van der Waals surface area contributed by atoms with Crippen molar-refractivity contribution in [3.05, 3.63) is 29.6 Å². The third-order valence-corrected chi connectivity index (χ3v) is 2.83. The van der Waals surface area contributed by atoms with Crippen LogP contribution in [0.15, 0.2) is 18.3 Å². The summed E-state index contributed by atoms with van der Waals surface area (Å²) in [7, 11) is 0. The van der Waals surface area contributed by atoms with Crippen LogP contribution in [0.4, 0.5) is 4.79 Å². The van der Waals surface area contributed by atoms with Crippen LogP contribution in [0.25, 0.3) is 0 Å². The molecule has 1 aromatic rings. The second-order valence-corrected chi connectivity index (χ2v) is 4.82. The first-order valence-electron chi connectivity index (χ1n) is 6.65. The Kier molecular flexibility index (Phi) is 6.49. The molecule has 0 aromatic carbocycles. The van der Waals surface area contributed by atoms with E-state index in [0.29, 0.717) is 19.4 Å². The van der Waals surface area contributed by atoms with Crippen molar-refractivity contribution < 1.29 is 14.7 Å². The predicted molar refractivity (Wildman–Crippen MR) is 75.3 cm³/mol. The lowest BCUT2D eigenvalue weighted by Gasteiger charge is -2.14. The third-order valence-electron chi connectivity index (χ3n) is 2.83. The predicted octanol–water partition coefficient (Wildman–Crippen LogP) is 1.83. The monoisotopic (exact) mass is 279 g/mol. The van der Waals surface area contributed by atoms with Gasteiger partial charge in [-0.05, 0) is 38.3 Å². The highest BCUT2D eigenvalue weighted by Crippen LogP contribution is 2.01. The van der Waals surface area contributed by atoms with Crippen LogP contribution in [-0.2, 0) is 11.3 Å². The van der Waals surface area contributed by atoms with Gasteiger partial charge >= 0.3 is 12.0 Å². The summed E-state index contributed by atoms with van der Waals surface area (Å²) in [6.07, 6.45) is 3.05. The molecule has 1 unspecified atom stereocenters. The molecular weight excluding hydrogens is 258 g/mol. The lowest BCUT2D eigenvalue weighted by molar-refractivity contribution is -0.137. The summed E-state index contributed by atoms with van der Waals surface area (Å²) in [6, 6.07) is 3.50. The Morgan fingerprint density at radius 1 is 1.40 bits per heavy atom. The highest BCUT2D eigenvalue weighted by Gasteiger charge is 2.07. The van der Waals surface area contributed by atoms with Crippen LogP contribution in [0, 0.1) is 6.92 Å². The normalized spacial score (nSPS) is 11.7. The first kappa shape index (κ1) is 15.9. The zero-order chi connectivity index (χ0) is 15.0. The average molecular weight is 279 g/mol. The maximum atomic E-state index is 11.6. The van der Waals surface area contributed by atoms with Gasteiger partial charge in [-0.3, -0.25) is 9.78 Å². The molecule has 1 rings (SSSR count). The van der Waals surface area contributed by atoms with E-state index >= 15 is 0 Å². The largest absolute Gasteiger partial charge is 0.481 e. The van der Waals surface area contributed by atoms with Crippen LogP contribution in [0.2, 0.25) is 0 Å². The number of nitrogens with zero attached hydrogens (tertiary/aromatic N) is 1. The fraction of sp³-hybridized carbons (Fsp3) is 0.500. The number of hydrogen-bond acceptors (Lipinski definition) is 3. The Hall–Kier alpha value is -2.11. The first-order chi connectivity index (χ1) is 9.47. The zero-order valence-electron chi connectivity index (χ0n) is 11.8. The molecule has 1 heterocycles. The number of amides is 2. The molecule has 0 fully saturated rings. The Morgan fingerprint density at radius 3 is 2.75 bits per heavy atom. The van der Waals surface area contributed by atoms with Crippen molar-refractivity contribution in [2.24, 2.45) is 0 Å². The lowest BCUT2D eigenvalue weighted by atomic mass is 10.1. The fourth-order valence-corrected chi connectivity index (χ4v) is 1.69. The minimum Gasteiger partial charge on any atom is -0.481 e. The first-order valence-corrected chi connectivity index (χ1v) is 6.65. The molecule has 6 nitrogen and oxygen atoms in total. The molecular formula is C14H21N3O3. The molecule has 0 aliphatic carbocycles. The molecule has 110 valence electrons. The van der Waals surface area contributed by atoms with Crippen molar-refractivity contribution in [1.29, 1.82) is 0 Å². The number of nitrogens with one attached hydrogen (secondary N) is 2. The molecule has 2 amide bonds. The molecule has 0 bridgehead atoms. The van der Waals surface area contributed by atoms with Gasteiger partial charge in [0.15, 0.2) is 0 Å². The van der Waals surface area contributed by atoms with E-state index in [-0.39, 0.29) is 18.5 Å². The summed E-state index contributed by atoms with van der Waals surface area (Å²) in [5, 5.41) is 14.0. The number of rotatable bonds is 7.